The van der Waals surface area contributed by atoms with Gasteiger partial charge in [0.15, 0.2) is 0 Å². The molecule has 6 heteroatoms. The Morgan fingerprint density at radius 3 is 3.11 bits per heavy atom. The number of nitrogens with one attached hydrogen (secondary N) is 1. The monoisotopic (exact) mass is 258 g/mol. The summed E-state index contributed by atoms with van der Waals surface area (Å²) in [6, 6.07) is 7.87. The third-order valence-corrected chi connectivity index (χ3v) is 3.20. The Morgan fingerprint density at radius 1 is 1.33 bits per heavy atom. The summed E-state index contributed by atoms with van der Waals surface area (Å²) in [7, 11) is 0. The number of hydrogen-bond donors (Lipinski definition) is 1. The minimum atomic E-state index is 0.524. The van der Waals surface area contributed by atoms with Crippen LogP contribution >= 0.6 is 11.3 Å². The maximum absolute atomic E-state index is 5.17. The van der Waals surface area contributed by atoms with E-state index in [-0.39, 0.29) is 0 Å². The fourth-order valence-electron chi connectivity index (χ4n) is 1.58. The van der Waals surface area contributed by atoms with Gasteiger partial charge in [-0.1, -0.05) is 6.07 Å². The van der Waals surface area contributed by atoms with E-state index in [2.05, 4.69) is 20.5 Å². The third-order valence-electron chi connectivity index (χ3n) is 2.42. The molecule has 0 saturated carbocycles. The first-order chi connectivity index (χ1) is 8.92. The Kier molecular flexibility index (Phi) is 3.01. The third kappa shape index (κ3) is 2.38. The van der Waals surface area contributed by atoms with Crippen LogP contribution in [0.1, 0.15) is 4.88 Å². The van der Waals surface area contributed by atoms with Crippen molar-refractivity contribution >= 4 is 17.0 Å². The highest BCUT2D eigenvalue weighted by Gasteiger charge is 2.04. The molecule has 1 N–H and O–H groups in total. The average molecular weight is 258 g/mol. The summed E-state index contributed by atoms with van der Waals surface area (Å²) in [4.78, 5) is 5.23. The van der Waals surface area contributed by atoms with E-state index in [1.807, 2.05) is 36.0 Å². The van der Waals surface area contributed by atoms with Crippen molar-refractivity contribution in [3.05, 3.63) is 47.2 Å². The van der Waals surface area contributed by atoms with Crippen molar-refractivity contribution in [1.29, 1.82) is 0 Å². The molecule has 5 nitrogen and oxygen atoms in total. The summed E-state index contributed by atoms with van der Waals surface area (Å²) >= 11 is 1.63. The lowest BCUT2D eigenvalue weighted by molar-refractivity contribution is 0.568. The molecule has 0 unspecified atom stereocenters. The molecule has 0 bridgehead atoms. The summed E-state index contributed by atoms with van der Waals surface area (Å²) in [5.74, 6) is 0.524. The van der Waals surface area contributed by atoms with Crippen LogP contribution in [0.25, 0.3) is 11.5 Å². The van der Waals surface area contributed by atoms with Crippen LogP contribution in [-0.4, -0.2) is 15.2 Å². The van der Waals surface area contributed by atoms with Crippen LogP contribution in [0, 0.1) is 0 Å². The lowest BCUT2D eigenvalue weighted by Crippen LogP contribution is -1.97. The van der Waals surface area contributed by atoms with Crippen LogP contribution in [0.3, 0.4) is 0 Å². The largest absolute Gasteiger partial charge is 0.423 e. The van der Waals surface area contributed by atoms with Crippen molar-refractivity contribution in [2.24, 2.45) is 0 Å². The molecule has 0 saturated heterocycles. The van der Waals surface area contributed by atoms with E-state index in [1.54, 1.807) is 11.3 Å². The second kappa shape index (κ2) is 4.97. The summed E-state index contributed by atoms with van der Waals surface area (Å²) < 4.78 is 5.17. The highest BCUT2D eigenvalue weighted by molar-refractivity contribution is 7.09. The topological polar surface area (TPSA) is 63.8 Å². The first-order valence-electron chi connectivity index (χ1n) is 5.40. The smallest absolute Gasteiger partial charge is 0.247 e. The van der Waals surface area contributed by atoms with E-state index in [1.165, 1.54) is 11.3 Å². The van der Waals surface area contributed by atoms with Gasteiger partial charge in [0.05, 0.1) is 12.1 Å². The molecule has 0 aliphatic heterocycles. The molecule has 0 aliphatic rings. The molecule has 1 aromatic carbocycles. The molecule has 0 radical (unpaired) electrons. The average Bonchev–Trinajstić information content (AvgIpc) is 3.10. The zero-order valence-corrected chi connectivity index (χ0v) is 10.2. The van der Waals surface area contributed by atoms with E-state index in [9.17, 15) is 0 Å². The van der Waals surface area contributed by atoms with Crippen LogP contribution in [0.2, 0.25) is 0 Å². The van der Waals surface area contributed by atoms with E-state index >= 15 is 0 Å². The lowest BCUT2D eigenvalue weighted by Gasteiger charge is -2.05. The van der Waals surface area contributed by atoms with E-state index in [0.29, 0.717) is 5.89 Å². The van der Waals surface area contributed by atoms with Gasteiger partial charge in [-0.25, -0.2) is 0 Å². The molecule has 0 fully saturated rings. The highest BCUT2D eigenvalue weighted by atomic mass is 32.1. The SMILES string of the molecule is c1cc(NCc2cncs2)cc(-c2nnco2)c1. The molecule has 0 aliphatic carbocycles. The van der Waals surface area contributed by atoms with Gasteiger partial charge in [0.2, 0.25) is 12.3 Å². The Morgan fingerprint density at radius 2 is 2.33 bits per heavy atom. The number of anilines is 1. The molecule has 18 heavy (non-hydrogen) atoms. The lowest BCUT2D eigenvalue weighted by atomic mass is 10.2. The van der Waals surface area contributed by atoms with Crippen molar-refractivity contribution in [3.63, 3.8) is 0 Å². The van der Waals surface area contributed by atoms with Gasteiger partial charge in [0.1, 0.15) is 0 Å². The number of nitrogens with zero attached hydrogens (tertiary/aromatic N) is 3. The maximum atomic E-state index is 5.17. The standard InChI is InChI=1S/C12H10N4OS/c1-2-9(12-16-15-7-17-12)4-10(3-1)14-6-11-5-13-8-18-11/h1-5,7-8,14H,6H2. The molecule has 2 heterocycles. The molecule has 0 atom stereocenters. The van der Waals surface area contributed by atoms with Crippen LogP contribution in [0.15, 0.2) is 46.8 Å². The van der Waals surface area contributed by atoms with Crippen LogP contribution in [0.4, 0.5) is 5.69 Å². The van der Waals surface area contributed by atoms with Crippen LogP contribution in [0.5, 0.6) is 0 Å². The fourth-order valence-corrected chi connectivity index (χ4v) is 2.11. The number of aromatic nitrogens is 3. The van der Waals surface area contributed by atoms with Crippen molar-refractivity contribution in [2.75, 3.05) is 5.32 Å². The van der Waals surface area contributed by atoms with Crippen LogP contribution in [-0.2, 0) is 6.54 Å². The molecule has 3 rings (SSSR count). The zero-order valence-electron chi connectivity index (χ0n) is 9.41. The van der Waals surface area contributed by atoms with E-state index in [4.69, 9.17) is 4.42 Å². The summed E-state index contributed by atoms with van der Waals surface area (Å²) in [6.07, 6.45) is 3.19. The summed E-state index contributed by atoms with van der Waals surface area (Å²) in [5.41, 5.74) is 3.74. The molecule has 0 amide bonds. The second-order valence-electron chi connectivity index (χ2n) is 3.65. The van der Waals surface area contributed by atoms with Gasteiger partial charge in [-0.3, -0.25) is 4.98 Å². The van der Waals surface area contributed by atoms with Crippen LogP contribution < -0.4 is 5.32 Å². The Labute approximate surface area is 108 Å². The van der Waals surface area contributed by atoms with E-state index in [0.717, 1.165) is 17.8 Å². The summed E-state index contributed by atoms with van der Waals surface area (Å²) in [5, 5.41) is 10.9. The van der Waals surface area contributed by atoms with E-state index < -0.39 is 0 Å². The maximum Gasteiger partial charge on any atom is 0.247 e. The predicted octanol–water partition coefficient (Wildman–Crippen LogP) is 2.81. The van der Waals surface area contributed by atoms with Crippen molar-refractivity contribution in [3.8, 4) is 11.5 Å². The van der Waals surface area contributed by atoms with Gasteiger partial charge >= 0.3 is 0 Å². The van der Waals surface area contributed by atoms with Gasteiger partial charge < -0.3 is 9.73 Å². The molecule has 2 aromatic heterocycles. The highest BCUT2D eigenvalue weighted by Crippen LogP contribution is 2.21. The van der Waals surface area contributed by atoms with Gasteiger partial charge in [-0.2, -0.15) is 0 Å². The van der Waals surface area contributed by atoms with Gasteiger partial charge in [-0.05, 0) is 18.2 Å². The molecular weight excluding hydrogens is 248 g/mol. The van der Waals surface area contributed by atoms with Crippen molar-refractivity contribution in [2.45, 2.75) is 6.54 Å². The Bertz CT molecular complexity index is 607. The minimum Gasteiger partial charge on any atom is -0.423 e. The van der Waals surface area contributed by atoms with Gasteiger partial charge in [0, 0.05) is 22.3 Å². The zero-order chi connectivity index (χ0) is 12.2. The molecule has 90 valence electrons. The van der Waals surface area contributed by atoms with Crippen molar-refractivity contribution in [1.82, 2.24) is 15.2 Å². The predicted molar refractivity (Wildman–Crippen MR) is 69.2 cm³/mol. The quantitative estimate of drug-likeness (QED) is 0.779. The number of benzene rings is 1. The summed E-state index contributed by atoms with van der Waals surface area (Å²) in [6.45, 7) is 0.762. The van der Waals surface area contributed by atoms with Gasteiger partial charge in [0.25, 0.3) is 0 Å². The molecule has 3 aromatic rings. The first-order valence-corrected chi connectivity index (χ1v) is 6.27. The number of thiazole rings is 1. The second-order valence-corrected chi connectivity index (χ2v) is 4.62. The van der Waals surface area contributed by atoms with Crippen molar-refractivity contribution < 1.29 is 4.42 Å². The molecular formula is C12H10N4OS. The Hall–Kier alpha value is -2.21. The first kappa shape index (κ1) is 10.9. The fraction of sp³-hybridized carbons (Fsp3) is 0.0833. The molecule has 0 spiro atoms. The normalized spacial score (nSPS) is 10.4. The van der Waals surface area contributed by atoms with Gasteiger partial charge in [-0.15, -0.1) is 21.5 Å². The minimum absolute atomic E-state index is 0.524. The Balaban J connectivity index is 1.75. The number of hydrogen-bond acceptors (Lipinski definition) is 6. The number of rotatable bonds is 4.